The molecule has 0 saturated carbocycles. The number of halogens is 2. The predicted molar refractivity (Wildman–Crippen MR) is 110 cm³/mol. The quantitative estimate of drug-likeness (QED) is 0.608. The Labute approximate surface area is 172 Å². The van der Waals surface area contributed by atoms with Crippen LogP contribution in [0.1, 0.15) is 19.0 Å². The molecule has 3 aromatic rings. The van der Waals surface area contributed by atoms with Crippen LogP contribution in [0.25, 0.3) is 11.0 Å². The zero-order chi connectivity index (χ0) is 20.1. The molecule has 3 rings (SSSR count). The molecule has 1 aromatic heterocycles. The van der Waals surface area contributed by atoms with E-state index in [-0.39, 0.29) is 24.8 Å². The van der Waals surface area contributed by atoms with Crippen molar-refractivity contribution in [2.24, 2.45) is 0 Å². The largest absolute Gasteiger partial charge is 0.356 e. The van der Waals surface area contributed by atoms with Crippen LogP contribution >= 0.6 is 23.2 Å². The first-order valence-electron chi connectivity index (χ1n) is 8.84. The van der Waals surface area contributed by atoms with Gasteiger partial charge in [-0.3, -0.25) is 9.59 Å². The van der Waals surface area contributed by atoms with Gasteiger partial charge in [-0.05, 0) is 36.8 Å². The lowest BCUT2D eigenvalue weighted by Gasteiger charge is -2.21. The van der Waals surface area contributed by atoms with Gasteiger partial charge in [0.15, 0.2) is 5.58 Å². The van der Waals surface area contributed by atoms with Crippen molar-refractivity contribution in [3.63, 3.8) is 0 Å². The van der Waals surface area contributed by atoms with Crippen molar-refractivity contribution in [2.75, 3.05) is 18.4 Å². The van der Waals surface area contributed by atoms with Crippen molar-refractivity contribution >= 4 is 51.7 Å². The highest BCUT2D eigenvalue weighted by Crippen LogP contribution is 2.25. The Kier molecular flexibility index (Phi) is 6.54. The van der Waals surface area contributed by atoms with Crippen molar-refractivity contribution in [3.05, 3.63) is 58.2 Å². The fourth-order valence-electron chi connectivity index (χ4n) is 2.84. The number of amides is 2. The van der Waals surface area contributed by atoms with Crippen LogP contribution in [0.3, 0.4) is 0 Å². The summed E-state index contributed by atoms with van der Waals surface area (Å²) < 4.78 is 5.25. The number of carbonyl (C=O) groups excluding carboxylic acids is 2. The maximum atomic E-state index is 12.8. The van der Waals surface area contributed by atoms with Gasteiger partial charge >= 0.3 is 0 Å². The number of hydrogen-bond acceptors (Lipinski definition) is 4. The number of anilines is 1. The van der Waals surface area contributed by atoms with E-state index in [2.05, 4.69) is 10.5 Å². The number of hydrogen-bond donors (Lipinski definition) is 1. The molecule has 1 heterocycles. The summed E-state index contributed by atoms with van der Waals surface area (Å²) >= 11 is 12.0. The highest BCUT2D eigenvalue weighted by Gasteiger charge is 2.20. The molecule has 0 aliphatic heterocycles. The summed E-state index contributed by atoms with van der Waals surface area (Å²) in [7, 11) is 0. The van der Waals surface area contributed by atoms with Gasteiger partial charge in [-0.1, -0.05) is 47.4 Å². The third kappa shape index (κ3) is 4.82. The number of nitrogens with zero attached hydrogens (tertiary/aromatic N) is 2. The molecular weight excluding hydrogens is 401 g/mol. The molecule has 0 atom stereocenters. The van der Waals surface area contributed by atoms with Gasteiger partial charge in [-0.15, -0.1) is 0 Å². The molecule has 0 saturated heterocycles. The van der Waals surface area contributed by atoms with Crippen molar-refractivity contribution in [1.82, 2.24) is 10.1 Å². The first-order valence-corrected chi connectivity index (χ1v) is 9.59. The zero-order valence-corrected chi connectivity index (χ0v) is 16.8. The Morgan fingerprint density at radius 3 is 2.75 bits per heavy atom. The Morgan fingerprint density at radius 1 is 1.18 bits per heavy atom. The van der Waals surface area contributed by atoms with Crippen LogP contribution < -0.4 is 5.32 Å². The standard InChI is InChI=1S/C20H19Cl2N3O3/c1-2-9-25(12-19(26)23-17-10-13(21)7-8-15(17)22)20(27)11-16-14-5-3-4-6-18(14)28-24-16/h3-8,10H,2,9,11-12H2,1H3,(H,23,26). The minimum atomic E-state index is -0.351. The number of benzene rings is 2. The van der Waals surface area contributed by atoms with Crippen LogP contribution in [-0.2, 0) is 16.0 Å². The second kappa shape index (κ2) is 9.08. The van der Waals surface area contributed by atoms with Crippen molar-refractivity contribution in [2.45, 2.75) is 19.8 Å². The number of para-hydroxylation sites is 1. The van der Waals surface area contributed by atoms with Crippen molar-refractivity contribution in [3.8, 4) is 0 Å². The van der Waals surface area contributed by atoms with E-state index < -0.39 is 0 Å². The molecule has 0 unspecified atom stereocenters. The molecule has 0 aliphatic carbocycles. The van der Waals surface area contributed by atoms with Gasteiger partial charge < -0.3 is 14.7 Å². The number of fused-ring (bicyclic) bond motifs is 1. The summed E-state index contributed by atoms with van der Waals surface area (Å²) in [4.78, 5) is 26.7. The fourth-order valence-corrected chi connectivity index (χ4v) is 3.18. The summed E-state index contributed by atoms with van der Waals surface area (Å²) in [5.74, 6) is -0.552. The van der Waals surface area contributed by atoms with Crippen LogP contribution in [0.2, 0.25) is 10.0 Å². The molecule has 1 N–H and O–H groups in total. The third-order valence-electron chi connectivity index (χ3n) is 4.15. The van der Waals surface area contributed by atoms with E-state index in [9.17, 15) is 9.59 Å². The average molecular weight is 420 g/mol. The molecule has 28 heavy (non-hydrogen) atoms. The average Bonchev–Trinajstić information content (AvgIpc) is 3.07. The van der Waals surface area contributed by atoms with E-state index in [1.807, 2.05) is 25.1 Å². The zero-order valence-electron chi connectivity index (χ0n) is 15.2. The van der Waals surface area contributed by atoms with Gasteiger partial charge in [-0.25, -0.2) is 0 Å². The highest BCUT2D eigenvalue weighted by molar-refractivity contribution is 6.35. The smallest absolute Gasteiger partial charge is 0.244 e. The number of carbonyl (C=O) groups is 2. The van der Waals surface area contributed by atoms with Crippen LogP contribution in [-0.4, -0.2) is 35.0 Å². The van der Waals surface area contributed by atoms with E-state index >= 15 is 0 Å². The van der Waals surface area contributed by atoms with E-state index in [0.29, 0.717) is 33.6 Å². The monoisotopic (exact) mass is 419 g/mol. The molecule has 0 fully saturated rings. The second-order valence-electron chi connectivity index (χ2n) is 6.29. The minimum Gasteiger partial charge on any atom is -0.356 e. The van der Waals surface area contributed by atoms with Gasteiger partial charge in [-0.2, -0.15) is 0 Å². The normalized spacial score (nSPS) is 10.8. The first-order chi connectivity index (χ1) is 13.5. The molecular formula is C20H19Cl2N3O3. The fraction of sp³-hybridized carbons (Fsp3) is 0.250. The predicted octanol–water partition coefficient (Wildman–Crippen LogP) is 4.55. The topological polar surface area (TPSA) is 75.4 Å². The lowest BCUT2D eigenvalue weighted by atomic mass is 10.1. The lowest BCUT2D eigenvalue weighted by Crippen LogP contribution is -2.39. The van der Waals surface area contributed by atoms with Gasteiger partial charge in [0, 0.05) is 17.0 Å². The van der Waals surface area contributed by atoms with Crippen LogP contribution in [0.5, 0.6) is 0 Å². The lowest BCUT2D eigenvalue weighted by molar-refractivity contribution is -0.134. The van der Waals surface area contributed by atoms with Crippen LogP contribution in [0, 0.1) is 0 Å². The number of rotatable bonds is 7. The Bertz CT molecular complexity index is 1000. The first kappa shape index (κ1) is 20.2. The molecule has 2 amide bonds. The van der Waals surface area contributed by atoms with E-state index in [0.717, 1.165) is 11.8 Å². The van der Waals surface area contributed by atoms with Crippen LogP contribution in [0.4, 0.5) is 5.69 Å². The molecule has 0 aliphatic rings. The molecule has 0 bridgehead atoms. The second-order valence-corrected chi connectivity index (χ2v) is 7.13. The summed E-state index contributed by atoms with van der Waals surface area (Å²) in [6.07, 6.45) is 0.777. The number of nitrogens with one attached hydrogen (secondary N) is 1. The minimum absolute atomic E-state index is 0.0578. The van der Waals surface area contributed by atoms with E-state index in [4.69, 9.17) is 27.7 Å². The summed E-state index contributed by atoms with van der Waals surface area (Å²) in [6.45, 7) is 2.30. The van der Waals surface area contributed by atoms with E-state index in [1.165, 1.54) is 4.90 Å². The molecule has 146 valence electrons. The summed E-state index contributed by atoms with van der Waals surface area (Å²) in [6, 6.07) is 12.1. The van der Waals surface area contributed by atoms with Gasteiger partial charge in [0.25, 0.3) is 0 Å². The molecule has 8 heteroatoms. The van der Waals surface area contributed by atoms with Gasteiger partial charge in [0.1, 0.15) is 5.69 Å². The Morgan fingerprint density at radius 2 is 1.96 bits per heavy atom. The summed E-state index contributed by atoms with van der Waals surface area (Å²) in [5.41, 5.74) is 1.59. The SMILES string of the molecule is CCCN(CC(=O)Nc1cc(Cl)ccc1Cl)C(=O)Cc1noc2ccccc12. The van der Waals surface area contributed by atoms with Crippen molar-refractivity contribution < 1.29 is 14.1 Å². The van der Waals surface area contributed by atoms with E-state index in [1.54, 1.807) is 24.3 Å². The highest BCUT2D eigenvalue weighted by atomic mass is 35.5. The maximum Gasteiger partial charge on any atom is 0.244 e. The maximum absolute atomic E-state index is 12.8. The molecule has 0 spiro atoms. The Balaban J connectivity index is 1.69. The number of aromatic nitrogens is 1. The summed E-state index contributed by atoms with van der Waals surface area (Å²) in [5, 5.41) is 8.32. The van der Waals surface area contributed by atoms with Gasteiger partial charge in [0.2, 0.25) is 11.8 Å². The third-order valence-corrected chi connectivity index (χ3v) is 4.72. The van der Waals surface area contributed by atoms with Gasteiger partial charge in [0.05, 0.1) is 23.7 Å². The molecule has 2 aromatic carbocycles. The Hall–Kier alpha value is -2.57. The van der Waals surface area contributed by atoms with Crippen LogP contribution in [0.15, 0.2) is 47.0 Å². The van der Waals surface area contributed by atoms with Crippen molar-refractivity contribution in [1.29, 1.82) is 0 Å². The molecule has 6 nitrogen and oxygen atoms in total. The molecule has 0 radical (unpaired) electrons.